The average molecular weight is 424 g/mol. The van der Waals surface area contributed by atoms with E-state index in [9.17, 15) is 9.59 Å². The van der Waals surface area contributed by atoms with Crippen molar-refractivity contribution in [3.05, 3.63) is 86.3 Å². The van der Waals surface area contributed by atoms with E-state index in [1.165, 1.54) is 11.3 Å². The van der Waals surface area contributed by atoms with Crippen LogP contribution in [0.15, 0.2) is 54.0 Å². The number of amides is 2. The first-order valence-corrected chi connectivity index (χ1v) is 10.7. The molecule has 2 amide bonds. The molecular weight excluding hydrogens is 406 g/mol. The summed E-state index contributed by atoms with van der Waals surface area (Å²) in [5.74, 6) is -0.144. The van der Waals surface area contributed by atoms with Crippen molar-refractivity contribution in [1.82, 2.24) is 14.8 Å². The number of pyridine rings is 1. The predicted molar refractivity (Wildman–Crippen MR) is 112 cm³/mol. The quantitative estimate of drug-likeness (QED) is 0.623. The molecule has 0 aliphatic carbocycles. The number of aryl methyl sites for hydroxylation is 1. The van der Waals surface area contributed by atoms with Crippen molar-refractivity contribution in [2.45, 2.75) is 19.0 Å². The summed E-state index contributed by atoms with van der Waals surface area (Å²) in [6.07, 6.45) is 2.15. The first kappa shape index (κ1) is 18.3. The molecular formula is C22H18ClN3O2S. The van der Waals surface area contributed by atoms with Crippen LogP contribution in [0.2, 0.25) is 5.02 Å². The molecule has 0 N–H and O–H groups in total. The molecule has 1 atom stereocenters. The molecule has 5 nitrogen and oxygen atoms in total. The summed E-state index contributed by atoms with van der Waals surface area (Å²) >= 11 is 7.57. The Morgan fingerprint density at radius 1 is 1.17 bits per heavy atom. The van der Waals surface area contributed by atoms with Crippen molar-refractivity contribution >= 4 is 34.8 Å². The molecule has 1 fully saturated rings. The van der Waals surface area contributed by atoms with Crippen LogP contribution in [-0.4, -0.2) is 39.7 Å². The van der Waals surface area contributed by atoms with Crippen LogP contribution in [0.25, 0.3) is 0 Å². The molecule has 3 aromatic rings. The Bertz CT molecular complexity index is 1130. The number of nitrogens with zero attached hydrogens (tertiary/aromatic N) is 3. The second-order valence-electron chi connectivity index (χ2n) is 7.34. The highest BCUT2D eigenvalue weighted by atomic mass is 35.5. The fourth-order valence-corrected chi connectivity index (χ4v) is 5.44. The molecule has 1 aromatic carbocycles. The van der Waals surface area contributed by atoms with Crippen LogP contribution in [0.1, 0.15) is 36.9 Å². The Kier molecular flexibility index (Phi) is 4.22. The topological polar surface area (TPSA) is 53.5 Å². The molecule has 146 valence electrons. The first-order chi connectivity index (χ1) is 14.0. The van der Waals surface area contributed by atoms with Gasteiger partial charge in [-0.05, 0) is 53.8 Å². The van der Waals surface area contributed by atoms with Crippen molar-refractivity contribution in [3.63, 3.8) is 0 Å². The summed E-state index contributed by atoms with van der Waals surface area (Å²) in [7, 11) is 0. The van der Waals surface area contributed by atoms with Gasteiger partial charge in [0.15, 0.2) is 0 Å². The largest absolute Gasteiger partial charge is 0.309 e. The second-order valence-corrected chi connectivity index (χ2v) is 8.70. The second kappa shape index (κ2) is 6.68. The maximum absolute atomic E-state index is 13.6. The molecule has 1 unspecified atom stereocenters. The Labute approximate surface area is 177 Å². The lowest BCUT2D eigenvalue weighted by atomic mass is 9.86. The molecule has 5 rings (SSSR count). The molecule has 4 heterocycles. The minimum atomic E-state index is -0.906. The summed E-state index contributed by atoms with van der Waals surface area (Å²) in [5.41, 5.74) is 2.23. The highest BCUT2D eigenvalue weighted by Gasteiger charge is 2.56. The summed E-state index contributed by atoms with van der Waals surface area (Å²) in [6, 6.07) is 13.0. The van der Waals surface area contributed by atoms with Gasteiger partial charge >= 0.3 is 0 Å². The molecule has 0 radical (unpaired) electrons. The van der Waals surface area contributed by atoms with Crippen LogP contribution in [0.5, 0.6) is 0 Å². The van der Waals surface area contributed by atoms with Crippen LogP contribution in [0, 0.1) is 6.92 Å². The van der Waals surface area contributed by atoms with E-state index < -0.39 is 5.66 Å². The van der Waals surface area contributed by atoms with E-state index in [-0.39, 0.29) is 11.8 Å². The van der Waals surface area contributed by atoms with Gasteiger partial charge in [0, 0.05) is 30.7 Å². The van der Waals surface area contributed by atoms with Crippen molar-refractivity contribution in [2.24, 2.45) is 0 Å². The van der Waals surface area contributed by atoms with Crippen LogP contribution < -0.4 is 0 Å². The van der Waals surface area contributed by atoms with E-state index in [2.05, 4.69) is 4.98 Å². The molecule has 2 aliphatic rings. The zero-order valence-electron chi connectivity index (χ0n) is 15.8. The fraction of sp³-hybridized carbons (Fsp3) is 0.227. The SMILES string of the molecule is Cc1ccsc1C(=O)N1CCN2C(=O)c3cccnc3CC21c1ccc(Cl)cc1. The molecule has 1 saturated heterocycles. The summed E-state index contributed by atoms with van der Waals surface area (Å²) in [5, 5.41) is 2.54. The molecule has 7 heteroatoms. The monoisotopic (exact) mass is 423 g/mol. The van der Waals surface area contributed by atoms with Crippen LogP contribution in [0.4, 0.5) is 0 Å². The highest BCUT2D eigenvalue weighted by molar-refractivity contribution is 7.12. The fourth-order valence-electron chi connectivity index (χ4n) is 4.44. The van der Waals surface area contributed by atoms with E-state index in [0.29, 0.717) is 40.7 Å². The van der Waals surface area contributed by atoms with E-state index in [1.54, 1.807) is 24.4 Å². The minimum absolute atomic E-state index is 0.0536. The maximum Gasteiger partial charge on any atom is 0.266 e. The standard InChI is InChI=1S/C22H18ClN3O2S/c1-14-8-12-29-19(14)21(28)26-11-10-25-20(27)17-3-2-9-24-18(17)13-22(25,26)15-4-6-16(23)7-5-15/h2-9,12H,10-11,13H2,1H3. The molecule has 29 heavy (non-hydrogen) atoms. The predicted octanol–water partition coefficient (Wildman–Crippen LogP) is 4.11. The van der Waals surface area contributed by atoms with Gasteiger partial charge < -0.3 is 9.80 Å². The van der Waals surface area contributed by atoms with Gasteiger partial charge in [0.2, 0.25) is 0 Å². The van der Waals surface area contributed by atoms with Gasteiger partial charge in [0.1, 0.15) is 5.66 Å². The third-order valence-corrected chi connectivity index (χ3v) is 7.08. The molecule has 0 bridgehead atoms. The maximum atomic E-state index is 13.6. The number of fused-ring (bicyclic) bond motifs is 2. The van der Waals surface area contributed by atoms with E-state index >= 15 is 0 Å². The first-order valence-electron chi connectivity index (χ1n) is 9.40. The van der Waals surface area contributed by atoms with E-state index in [1.807, 2.05) is 46.4 Å². The highest BCUT2D eigenvalue weighted by Crippen LogP contribution is 2.45. The molecule has 0 spiro atoms. The van der Waals surface area contributed by atoms with Gasteiger partial charge in [-0.3, -0.25) is 14.6 Å². The number of carbonyl (C=O) groups excluding carboxylic acids is 2. The molecule has 2 aliphatic heterocycles. The number of halogens is 1. The van der Waals surface area contributed by atoms with Gasteiger partial charge in [0.25, 0.3) is 11.8 Å². The molecule has 2 aromatic heterocycles. The summed E-state index contributed by atoms with van der Waals surface area (Å²) in [4.78, 5) is 35.8. The third kappa shape index (κ3) is 2.63. The van der Waals surface area contributed by atoms with Crippen molar-refractivity contribution in [1.29, 1.82) is 0 Å². The summed E-state index contributed by atoms with van der Waals surface area (Å²) < 4.78 is 0. The number of aromatic nitrogens is 1. The zero-order valence-corrected chi connectivity index (χ0v) is 17.3. The van der Waals surface area contributed by atoms with Gasteiger partial charge in [-0.15, -0.1) is 11.3 Å². The van der Waals surface area contributed by atoms with Crippen LogP contribution in [-0.2, 0) is 12.1 Å². The normalized spacial score (nSPS) is 20.6. The van der Waals surface area contributed by atoms with Crippen LogP contribution >= 0.6 is 22.9 Å². The lowest BCUT2D eigenvalue weighted by molar-refractivity contribution is 0.00727. The summed E-state index contributed by atoms with van der Waals surface area (Å²) in [6.45, 7) is 2.89. The number of hydrogen-bond donors (Lipinski definition) is 0. The Morgan fingerprint density at radius 3 is 2.69 bits per heavy atom. The lowest BCUT2D eigenvalue weighted by Gasteiger charge is -2.46. The molecule has 0 saturated carbocycles. The number of benzene rings is 1. The number of thiophene rings is 1. The Hall–Kier alpha value is -2.70. The van der Waals surface area contributed by atoms with Crippen molar-refractivity contribution in [3.8, 4) is 0 Å². The van der Waals surface area contributed by atoms with Gasteiger partial charge in [0.05, 0.1) is 16.1 Å². The smallest absolute Gasteiger partial charge is 0.266 e. The lowest BCUT2D eigenvalue weighted by Crippen LogP contribution is -2.58. The Morgan fingerprint density at radius 2 is 1.97 bits per heavy atom. The van der Waals surface area contributed by atoms with Crippen molar-refractivity contribution < 1.29 is 9.59 Å². The average Bonchev–Trinajstić information content (AvgIpc) is 3.33. The van der Waals surface area contributed by atoms with E-state index in [0.717, 1.165) is 11.1 Å². The third-order valence-electron chi connectivity index (χ3n) is 5.83. The number of hydrogen-bond acceptors (Lipinski definition) is 4. The van der Waals surface area contributed by atoms with E-state index in [4.69, 9.17) is 11.6 Å². The Balaban J connectivity index is 1.71. The van der Waals surface area contributed by atoms with Gasteiger partial charge in [-0.1, -0.05) is 23.7 Å². The number of carbonyl (C=O) groups is 2. The minimum Gasteiger partial charge on any atom is -0.309 e. The van der Waals surface area contributed by atoms with Gasteiger partial charge in [-0.25, -0.2) is 0 Å². The number of rotatable bonds is 2. The van der Waals surface area contributed by atoms with Crippen molar-refractivity contribution in [2.75, 3.05) is 13.1 Å². The zero-order chi connectivity index (χ0) is 20.2. The van der Waals surface area contributed by atoms with Crippen LogP contribution in [0.3, 0.4) is 0 Å². The van der Waals surface area contributed by atoms with Gasteiger partial charge in [-0.2, -0.15) is 0 Å².